The summed E-state index contributed by atoms with van der Waals surface area (Å²) in [6, 6.07) is -0.992. The molecular weight excluding hydrogens is 236 g/mol. The molecule has 104 valence electrons. The molecule has 1 aliphatic heterocycles. The molecule has 1 fully saturated rings. The predicted molar refractivity (Wildman–Crippen MR) is 66.2 cm³/mol. The first-order valence-electron chi connectivity index (χ1n) is 6.28. The maximum Gasteiger partial charge on any atom is 0.328 e. The zero-order valence-electron chi connectivity index (χ0n) is 11.2. The molecule has 0 radical (unpaired) electrons. The van der Waals surface area contributed by atoms with Gasteiger partial charge in [-0.2, -0.15) is 0 Å². The average Bonchev–Trinajstić information content (AvgIpc) is 2.85. The van der Waals surface area contributed by atoms with Gasteiger partial charge in [0.1, 0.15) is 6.04 Å². The zero-order valence-corrected chi connectivity index (χ0v) is 11.2. The summed E-state index contributed by atoms with van der Waals surface area (Å²) >= 11 is 0. The number of rotatable bonds is 5. The van der Waals surface area contributed by atoms with Crippen molar-refractivity contribution in [1.82, 2.24) is 10.6 Å². The lowest BCUT2D eigenvalue weighted by atomic mass is 10.1. The number of urea groups is 1. The SMILES string of the molecule is COC(=O)[C@@H](NC(=O)NC[C@H]1CCCO1)C(C)C. The number of carbonyl (C=O) groups excluding carboxylic acids is 2. The second kappa shape index (κ2) is 7.20. The number of nitrogens with one attached hydrogen (secondary N) is 2. The third kappa shape index (κ3) is 4.52. The van der Waals surface area contributed by atoms with Crippen LogP contribution in [0.1, 0.15) is 26.7 Å². The monoisotopic (exact) mass is 258 g/mol. The van der Waals surface area contributed by atoms with Crippen LogP contribution in [-0.2, 0) is 14.3 Å². The second-order valence-corrected chi connectivity index (χ2v) is 4.73. The summed E-state index contributed by atoms with van der Waals surface area (Å²) in [5.74, 6) is -0.455. The molecule has 0 aromatic rings. The van der Waals surface area contributed by atoms with Crippen LogP contribution in [-0.4, -0.2) is 44.4 Å². The van der Waals surface area contributed by atoms with Gasteiger partial charge in [-0.1, -0.05) is 13.8 Å². The van der Waals surface area contributed by atoms with Crippen molar-refractivity contribution in [2.45, 2.75) is 38.8 Å². The van der Waals surface area contributed by atoms with Gasteiger partial charge >= 0.3 is 12.0 Å². The highest BCUT2D eigenvalue weighted by Crippen LogP contribution is 2.10. The minimum Gasteiger partial charge on any atom is -0.467 e. The first-order valence-corrected chi connectivity index (χ1v) is 6.28. The van der Waals surface area contributed by atoms with Crippen LogP contribution in [0.5, 0.6) is 0 Å². The quantitative estimate of drug-likeness (QED) is 0.710. The Morgan fingerprint density at radius 2 is 2.17 bits per heavy atom. The molecule has 6 nitrogen and oxygen atoms in total. The molecule has 0 aromatic heterocycles. The fraction of sp³-hybridized carbons (Fsp3) is 0.833. The van der Waals surface area contributed by atoms with E-state index in [1.807, 2.05) is 13.8 Å². The van der Waals surface area contributed by atoms with Crippen molar-refractivity contribution in [3.8, 4) is 0 Å². The van der Waals surface area contributed by atoms with Gasteiger partial charge in [0.2, 0.25) is 0 Å². The summed E-state index contributed by atoms with van der Waals surface area (Å²) in [4.78, 5) is 23.1. The van der Waals surface area contributed by atoms with Gasteiger partial charge in [0.05, 0.1) is 13.2 Å². The van der Waals surface area contributed by atoms with Crippen molar-refractivity contribution >= 4 is 12.0 Å². The Labute approximate surface area is 107 Å². The predicted octanol–water partition coefficient (Wildman–Crippen LogP) is 0.662. The van der Waals surface area contributed by atoms with Crippen molar-refractivity contribution in [2.75, 3.05) is 20.3 Å². The van der Waals surface area contributed by atoms with E-state index < -0.39 is 12.0 Å². The van der Waals surface area contributed by atoms with Crippen molar-refractivity contribution in [1.29, 1.82) is 0 Å². The van der Waals surface area contributed by atoms with Gasteiger partial charge in [0, 0.05) is 13.2 Å². The lowest BCUT2D eigenvalue weighted by Crippen LogP contribution is -2.50. The number of ether oxygens (including phenoxy) is 2. The molecule has 1 rings (SSSR count). The van der Waals surface area contributed by atoms with Gasteiger partial charge in [-0.05, 0) is 18.8 Å². The third-order valence-corrected chi connectivity index (χ3v) is 2.92. The van der Waals surface area contributed by atoms with Crippen LogP contribution < -0.4 is 10.6 Å². The Balaban J connectivity index is 2.33. The summed E-state index contributed by atoms with van der Waals surface area (Å²) in [6.45, 7) is 4.92. The van der Waals surface area contributed by atoms with Crippen LogP contribution in [0, 0.1) is 5.92 Å². The molecule has 2 atom stereocenters. The van der Waals surface area contributed by atoms with E-state index in [-0.39, 0.29) is 18.1 Å². The van der Waals surface area contributed by atoms with E-state index in [9.17, 15) is 9.59 Å². The van der Waals surface area contributed by atoms with Crippen LogP contribution in [0.15, 0.2) is 0 Å². The maximum atomic E-state index is 11.6. The van der Waals surface area contributed by atoms with Crippen molar-refractivity contribution in [3.63, 3.8) is 0 Å². The number of esters is 1. The molecule has 1 saturated heterocycles. The third-order valence-electron chi connectivity index (χ3n) is 2.92. The molecule has 2 amide bonds. The van der Waals surface area contributed by atoms with Crippen molar-refractivity contribution in [2.24, 2.45) is 5.92 Å². The Morgan fingerprint density at radius 1 is 1.44 bits per heavy atom. The van der Waals surface area contributed by atoms with E-state index >= 15 is 0 Å². The van der Waals surface area contributed by atoms with E-state index in [1.54, 1.807) is 0 Å². The molecule has 0 spiro atoms. The summed E-state index contributed by atoms with van der Waals surface area (Å²) in [5.41, 5.74) is 0. The fourth-order valence-corrected chi connectivity index (χ4v) is 1.83. The highest BCUT2D eigenvalue weighted by Gasteiger charge is 2.25. The van der Waals surface area contributed by atoms with E-state index in [1.165, 1.54) is 7.11 Å². The summed E-state index contributed by atoms with van der Waals surface area (Å²) in [7, 11) is 1.31. The maximum absolute atomic E-state index is 11.6. The highest BCUT2D eigenvalue weighted by molar-refractivity contribution is 5.83. The summed E-state index contributed by atoms with van der Waals surface area (Å²) < 4.78 is 10.0. The number of methoxy groups -OCH3 is 1. The lowest BCUT2D eigenvalue weighted by Gasteiger charge is -2.20. The molecule has 0 unspecified atom stereocenters. The first-order chi connectivity index (χ1) is 8.54. The molecule has 18 heavy (non-hydrogen) atoms. The Bertz CT molecular complexity index is 288. The lowest BCUT2D eigenvalue weighted by molar-refractivity contribution is -0.143. The molecule has 0 saturated carbocycles. The minimum absolute atomic E-state index is 0.0223. The van der Waals surface area contributed by atoms with Gasteiger partial charge in [-0.15, -0.1) is 0 Å². The zero-order chi connectivity index (χ0) is 13.5. The standard InChI is InChI=1S/C12H22N2O4/c1-8(2)10(11(15)17-3)14-12(16)13-7-9-5-4-6-18-9/h8-10H,4-7H2,1-3H3,(H2,13,14,16)/t9-,10+/m1/s1. The molecule has 1 aliphatic rings. The largest absolute Gasteiger partial charge is 0.467 e. The van der Waals surface area contributed by atoms with E-state index in [2.05, 4.69) is 15.4 Å². The van der Waals surface area contributed by atoms with Crippen LogP contribution in [0.2, 0.25) is 0 Å². The summed E-state index contributed by atoms with van der Waals surface area (Å²) in [5, 5.41) is 5.32. The van der Waals surface area contributed by atoms with Gasteiger partial charge in [0.15, 0.2) is 0 Å². The first kappa shape index (κ1) is 14.8. The van der Waals surface area contributed by atoms with Gasteiger partial charge in [-0.25, -0.2) is 9.59 Å². The normalized spacial score (nSPS) is 20.6. The fourth-order valence-electron chi connectivity index (χ4n) is 1.83. The molecule has 6 heteroatoms. The smallest absolute Gasteiger partial charge is 0.328 e. The van der Waals surface area contributed by atoms with Crippen molar-refractivity contribution in [3.05, 3.63) is 0 Å². The number of amides is 2. The molecule has 2 N–H and O–H groups in total. The Morgan fingerprint density at radius 3 is 2.67 bits per heavy atom. The van der Waals surface area contributed by atoms with Gasteiger partial charge < -0.3 is 20.1 Å². The molecule has 1 heterocycles. The van der Waals surface area contributed by atoms with E-state index in [0.717, 1.165) is 19.4 Å². The van der Waals surface area contributed by atoms with E-state index in [0.29, 0.717) is 6.54 Å². The molecule has 0 bridgehead atoms. The van der Waals surface area contributed by atoms with E-state index in [4.69, 9.17) is 4.74 Å². The Kier molecular flexibility index (Phi) is 5.91. The van der Waals surface area contributed by atoms with Gasteiger partial charge in [-0.3, -0.25) is 0 Å². The van der Waals surface area contributed by atoms with Crippen LogP contribution in [0.3, 0.4) is 0 Å². The number of hydrogen-bond acceptors (Lipinski definition) is 4. The molecular formula is C12H22N2O4. The number of carbonyl (C=O) groups is 2. The number of hydrogen-bond donors (Lipinski definition) is 2. The van der Waals surface area contributed by atoms with Crippen LogP contribution >= 0.6 is 0 Å². The second-order valence-electron chi connectivity index (χ2n) is 4.73. The average molecular weight is 258 g/mol. The van der Waals surface area contributed by atoms with Crippen LogP contribution in [0.25, 0.3) is 0 Å². The van der Waals surface area contributed by atoms with Crippen LogP contribution in [0.4, 0.5) is 4.79 Å². The highest BCUT2D eigenvalue weighted by atomic mass is 16.5. The van der Waals surface area contributed by atoms with Crippen molar-refractivity contribution < 1.29 is 19.1 Å². The topological polar surface area (TPSA) is 76.7 Å². The summed E-state index contributed by atoms with van der Waals surface area (Å²) in [6.07, 6.45) is 2.08. The Hall–Kier alpha value is -1.30. The molecule has 0 aliphatic carbocycles. The van der Waals surface area contributed by atoms with Gasteiger partial charge in [0.25, 0.3) is 0 Å². The molecule has 0 aromatic carbocycles. The minimum atomic E-state index is -0.625.